The molecule has 0 saturated carbocycles. The van der Waals surface area contributed by atoms with Gasteiger partial charge in [-0.1, -0.05) is 6.92 Å². The lowest BCUT2D eigenvalue weighted by atomic mass is 10.2. The van der Waals surface area contributed by atoms with Crippen LogP contribution in [0.2, 0.25) is 0 Å². The average Bonchev–Trinajstić information content (AvgIpc) is 2.55. The van der Waals surface area contributed by atoms with E-state index < -0.39 is 0 Å². The number of hydrogen-bond donors (Lipinski definition) is 1. The van der Waals surface area contributed by atoms with Gasteiger partial charge in [-0.25, -0.2) is 0 Å². The molecule has 1 heterocycles. The molecule has 0 radical (unpaired) electrons. The van der Waals surface area contributed by atoms with Crippen LogP contribution in [0.25, 0.3) is 0 Å². The quantitative estimate of drug-likeness (QED) is 0.795. The molecule has 1 atom stereocenters. The number of nitrogens with one attached hydrogen (secondary N) is 1. The maximum absolute atomic E-state index is 11.6. The molecule has 84 valence electrons. The van der Waals surface area contributed by atoms with Crippen LogP contribution >= 0.6 is 54.8 Å². The molecule has 1 N–H and O–H groups in total. The molecule has 0 aliphatic rings. The molecule has 0 bridgehead atoms. The van der Waals surface area contributed by atoms with Gasteiger partial charge in [-0.05, 0) is 43.8 Å². The minimum atomic E-state index is -0.0524. The van der Waals surface area contributed by atoms with Crippen molar-refractivity contribution in [1.29, 1.82) is 0 Å². The number of halogens is 3. The number of carbonyl (C=O) groups excluding carboxylic acids is 1. The lowest BCUT2D eigenvalue weighted by molar-refractivity contribution is 0.0953. The highest BCUT2D eigenvalue weighted by Crippen LogP contribution is 2.32. The highest BCUT2D eigenvalue weighted by Gasteiger charge is 2.12. The van der Waals surface area contributed by atoms with E-state index >= 15 is 0 Å². The summed E-state index contributed by atoms with van der Waals surface area (Å²) in [6.45, 7) is 2.60. The summed E-state index contributed by atoms with van der Waals surface area (Å²) in [5, 5.41) is 2.84. The first kappa shape index (κ1) is 13.5. The Morgan fingerprint density at radius 2 is 2.33 bits per heavy atom. The van der Waals surface area contributed by atoms with Crippen LogP contribution in [0.4, 0.5) is 0 Å². The molecular formula is C9H10Br2ClNOS. The van der Waals surface area contributed by atoms with Crippen molar-refractivity contribution in [3.8, 4) is 0 Å². The highest BCUT2D eigenvalue weighted by atomic mass is 79.9. The Morgan fingerprint density at radius 3 is 2.80 bits per heavy atom. The summed E-state index contributed by atoms with van der Waals surface area (Å²) in [6.07, 6.45) is 0. The van der Waals surface area contributed by atoms with E-state index in [2.05, 4.69) is 37.2 Å². The number of thiophene rings is 1. The van der Waals surface area contributed by atoms with Crippen molar-refractivity contribution >= 4 is 60.7 Å². The minimum Gasteiger partial charge on any atom is -0.351 e. The molecule has 0 aliphatic carbocycles. The van der Waals surface area contributed by atoms with Crippen LogP contribution < -0.4 is 5.32 Å². The summed E-state index contributed by atoms with van der Waals surface area (Å²) in [5.74, 6) is 0.795. The second kappa shape index (κ2) is 6.23. The van der Waals surface area contributed by atoms with E-state index in [4.69, 9.17) is 11.6 Å². The predicted octanol–water partition coefficient (Wildman–Crippen LogP) is 3.88. The van der Waals surface area contributed by atoms with Gasteiger partial charge in [-0.15, -0.1) is 22.9 Å². The number of amides is 1. The van der Waals surface area contributed by atoms with E-state index in [1.807, 2.05) is 6.92 Å². The third-order valence-electron chi connectivity index (χ3n) is 1.74. The molecular weight excluding hydrogens is 365 g/mol. The molecule has 0 aromatic carbocycles. The molecule has 1 unspecified atom stereocenters. The zero-order chi connectivity index (χ0) is 11.4. The fraction of sp³-hybridized carbons (Fsp3) is 0.444. The molecule has 0 spiro atoms. The highest BCUT2D eigenvalue weighted by molar-refractivity contribution is 9.13. The first-order chi connectivity index (χ1) is 7.04. The average molecular weight is 376 g/mol. The van der Waals surface area contributed by atoms with Gasteiger partial charge in [0.15, 0.2) is 0 Å². The first-order valence-electron chi connectivity index (χ1n) is 4.33. The van der Waals surface area contributed by atoms with Crippen molar-refractivity contribution in [3.63, 3.8) is 0 Å². The Labute approximate surface area is 115 Å². The summed E-state index contributed by atoms with van der Waals surface area (Å²) in [6, 6.07) is 1.80. The third kappa shape index (κ3) is 4.06. The van der Waals surface area contributed by atoms with Crippen LogP contribution in [0.15, 0.2) is 14.3 Å². The van der Waals surface area contributed by atoms with Gasteiger partial charge >= 0.3 is 0 Å². The molecule has 1 rings (SSSR count). The minimum absolute atomic E-state index is 0.0524. The van der Waals surface area contributed by atoms with E-state index in [-0.39, 0.29) is 5.91 Å². The summed E-state index contributed by atoms with van der Waals surface area (Å²) in [4.78, 5) is 12.3. The lowest BCUT2D eigenvalue weighted by Crippen LogP contribution is -2.28. The Morgan fingerprint density at radius 1 is 1.67 bits per heavy atom. The molecule has 2 nitrogen and oxygen atoms in total. The molecule has 6 heteroatoms. The van der Waals surface area contributed by atoms with E-state index in [0.717, 1.165) is 8.26 Å². The summed E-state index contributed by atoms with van der Waals surface area (Å²) in [5.41, 5.74) is 0. The van der Waals surface area contributed by atoms with Gasteiger partial charge in [0.25, 0.3) is 5.91 Å². The van der Waals surface area contributed by atoms with E-state index in [1.165, 1.54) is 11.3 Å². The van der Waals surface area contributed by atoms with Crippen molar-refractivity contribution in [1.82, 2.24) is 5.32 Å². The second-order valence-corrected chi connectivity index (χ2v) is 6.73. The zero-order valence-electron chi connectivity index (χ0n) is 8.02. The monoisotopic (exact) mass is 373 g/mol. The Kier molecular flexibility index (Phi) is 5.60. The van der Waals surface area contributed by atoms with Crippen LogP contribution in [0.5, 0.6) is 0 Å². The van der Waals surface area contributed by atoms with Crippen molar-refractivity contribution in [2.45, 2.75) is 6.92 Å². The fourth-order valence-corrected chi connectivity index (χ4v) is 2.93. The number of hydrogen-bond acceptors (Lipinski definition) is 2. The molecule has 1 aromatic heterocycles. The summed E-state index contributed by atoms with van der Waals surface area (Å²) in [7, 11) is 0. The van der Waals surface area contributed by atoms with Gasteiger partial charge in [0.05, 0.1) is 8.66 Å². The SMILES string of the molecule is CC(CCl)CNC(=O)c1cc(Br)c(Br)s1. The second-order valence-electron chi connectivity index (χ2n) is 3.20. The molecule has 15 heavy (non-hydrogen) atoms. The van der Waals surface area contributed by atoms with Crippen LogP contribution in [0, 0.1) is 5.92 Å². The number of carbonyl (C=O) groups is 1. The standard InChI is InChI=1S/C9H10Br2ClNOS/c1-5(3-12)4-13-9(14)7-2-6(10)8(11)15-7/h2,5H,3-4H2,1H3,(H,13,14). The van der Waals surface area contributed by atoms with E-state index in [1.54, 1.807) is 6.07 Å². The Balaban J connectivity index is 2.54. The molecule has 0 aliphatic heterocycles. The summed E-state index contributed by atoms with van der Waals surface area (Å²) < 4.78 is 1.83. The van der Waals surface area contributed by atoms with Gasteiger partial charge in [0.1, 0.15) is 0 Å². The first-order valence-corrected chi connectivity index (χ1v) is 7.27. The van der Waals surface area contributed by atoms with Gasteiger partial charge < -0.3 is 5.32 Å². The zero-order valence-corrected chi connectivity index (χ0v) is 12.8. The largest absolute Gasteiger partial charge is 0.351 e. The number of rotatable bonds is 4. The van der Waals surface area contributed by atoms with Crippen LogP contribution in [-0.4, -0.2) is 18.3 Å². The molecule has 1 aromatic rings. The molecule has 0 fully saturated rings. The van der Waals surface area contributed by atoms with E-state index in [0.29, 0.717) is 23.2 Å². The maximum Gasteiger partial charge on any atom is 0.261 e. The van der Waals surface area contributed by atoms with Crippen LogP contribution in [-0.2, 0) is 0 Å². The Hall–Kier alpha value is 0.420. The van der Waals surface area contributed by atoms with Crippen LogP contribution in [0.1, 0.15) is 16.6 Å². The van der Waals surface area contributed by atoms with Gasteiger partial charge in [0, 0.05) is 16.9 Å². The van der Waals surface area contributed by atoms with Crippen LogP contribution in [0.3, 0.4) is 0 Å². The van der Waals surface area contributed by atoms with Crippen molar-refractivity contribution < 1.29 is 4.79 Å². The van der Waals surface area contributed by atoms with Crippen molar-refractivity contribution in [3.05, 3.63) is 19.2 Å². The molecule has 1 amide bonds. The van der Waals surface area contributed by atoms with Crippen molar-refractivity contribution in [2.24, 2.45) is 5.92 Å². The third-order valence-corrected chi connectivity index (χ3v) is 5.53. The van der Waals surface area contributed by atoms with Crippen molar-refractivity contribution in [2.75, 3.05) is 12.4 Å². The lowest BCUT2D eigenvalue weighted by Gasteiger charge is -2.07. The number of alkyl halides is 1. The van der Waals surface area contributed by atoms with E-state index in [9.17, 15) is 4.79 Å². The summed E-state index contributed by atoms with van der Waals surface area (Å²) >= 11 is 13.7. The van der Waals surface area contributed by atoms with Gasteiger partial charge in [-0.2, -0.15) is 0 Å². The van der Waals surface area contributed by atoms with Gasteiger partial charge in [0.2, 0.25) is 0 Å². The maximum atomic E-state index is 11.6. The topological polar surface area (TPSA) is 29.1 Å². The molecule has 0 saturated heterocycles. The predicted molar refractivity (Wildman–Crippen MR) is 71.9 cm³/mol. The normalized spacial score (nSPS) is 12.5. The van der Waals surface area contributed by atoms with Gasteiger partial charge in [-0.3, -0.25) is 4.79 Å². The fourth-order valence-electron chi connectivity index (χ4n) is 0.867. The Bertz CT molecular complexity index is 336. The smallest absolute Gasteiger partial charge is 0.261 e.